The Bertz CT molecular complexity index is 1270. The maximum atomic E-state index is 13.7. The van der Waals surface area contributed by atoms with Crippen molar-refractivity contribution in [3.63, 3.8) is 0 Å². The molecule has 4 rings (SSSR count). The Balaban J connectivity index is 1.78. The van der Waals surface area contributed by atoms with Gasteiger partial charge in [-0.05, 0) is 50.1 Å². The number of amides is 1. The van der Waals surface area contributed by atoms with E-state index in [4.69, 9.17) is 13.9 Å². The molecular formula is C28H31NO6. The van der Waals surface area contributed by atoms with Crippen molar-refractivity contribution in [3.05, 3.63) is 71.2 Å². The zero-order valence-electron chi connectivity index (χ0n) is 20.5. The number of nitrogens with zero attached hydrogens (tertiary/aromatic N) is 1. The maximum absolute atomic E-state index is 13.7. The van der Waals surface area contributed by atoms with E-state index >= 15 is 0 Å². The monoisotopic (exact) mass is 477 g/mol. The fraction of sp³-hybridized carbons (Fsp3) is 0.357. The normalized spacial score (nSPS) is 16.0. The molecule has 0 fully saturated rings. The van der Waals surface area contributed by atoms with Crippen molar-refractivity contribution in [1.82, 2.24) is 4.90 Å². The van der Waals surface area contributed by atoms with Crippen molar-refractivity contribution in [2.24, 2.45) is 0 Å². The summed E-state index contributed by atoms with van der Waals surface area (Å²) < 4.78 is 17.1. The molecule has 1 aromatic heterocycles. The average Bonchev–Trinajstić information content (AvgIpc) is 3.38. The van der Waals surface area contributed by atoms with Crippen LogP contribution in [-0.2, 0) is 4.79 Å². The predicted molar refractivity (Wildman–Crippen MR) is 133 cm³/mol. The van der Waals surface area contributed by atoms with Gasteiger partial charge in [0.15, 0.2) is 22.9 Å². The molecule has 1 atom stereocenters. The Morgan fingerprint density at radius 3 is 2.63 bits per heavy atom. The Morgan fingerprint density at radius 1 is 1.14 bits per heavy atom. The molecule has 0 aliphatic carbocycles. The lowest BCUT2D eigenvalue weighted by Crippen LogP contribution is -2.32. The number of ether oxygens (including phenoxy) is 2. The first kappa shape index (κ1) is 24.4. The molecule has 7 heteroatoms. The molecular weight excluding hydrogens is 446 g/mol. The second kappa shape index (κ2) is 10.3. The van der Waals surface area contributed by atoms with Gasteiger partial charge in [-0.2, -0.15) is 0 Å². The van der Waals surface area contributed by atoms with Crippen LogP contribution in [-0.4, -0.2) is 41.5 Å². The quantitative estimate of drug-likeness (QED) is 0.285. The van der Waals surface area contributed by atoms with E-state index in [1.165, 1.54) is 7.11 Å². The SMILES string of the molecule is CCCCCN1C(=O)C(O)=C(C(=O)c2cc3cccc(OC)c3o2)C1c1cccc(OC(C)C)c1. The number of para-hydroxylation sites is 1. The number of furan rings is 1. The van der Waals surface area contributed by atoms with Gasteiger partial charge in [0, 0.05) is 11.9 Å². The van der Waals surface area contributed by atoms with Gasteiger partial charge in [-0.1, -0.05) is 44.0 Å². The highest BCUT2D eigenvalue weighted by Gasteiger charge is 2.44. The molecule has 1 aliphatic rings. The number of ketones is 1. The van der Waals surface area contributed by atoms with Crippen molar-refractivity contribution in [2.45, 2.75) is 52.2 Å². The number of carbonyl (C=O) groups excluding carboxylic acids is 2. The standard InChI is InChI=1S/C28H31NO6/c1-5-6-7-14-29-24(18-10-8-12-20(15-18)34-17(2)3)23(26(31)28(29)32)25(30)22-16-19-11-9-13-21(33-4)27(19)35-22/h8-13,15-17,24,31H,5-7,14H2,1-4H3. The number of unbranched alkanes of at least 4 members (excludes halogenated alkanes) is 2. The van der Waals surface area contributed by atoms with E-state index in [0.717, 1.165) is 19.3 Å². The van der Waals surface area contributed by atoms with Crippen LogP contribution in [0.3, 0.4) is 0 Å². The second-order valence-corrected chi connectivity index (χ2v) is 8.93. The molecule has 1 N–H and O–H groups in total. The van der Waals surface area contributed by atoms with Gasteiger partial charge in [-0.25, -0.2) is 0 Å². The molecule has 0 radical (unpaired) electrons. The van der Waals surface area contributed by atoms with E-state index in [9.17, 15) is 14.7 Å². The summed E-state index contributed by atoms with van der Waals surface area (Å²) in [5, 5.41) is 11.6. The number of fused-ring (bicyclic) bond motifs is 1. The number of methoxy groups -OCH3 is 1. The van der Waals surface area contributed by atoms with Crippen LogP contribution in [0.25, 0.3) is 11.0 Å². The van der Waals surface area contributed by atoms with E-state index < -0.39 is 23.5 Å². The molecule has 7 nitrogen and oxygen atoms in total. The molecule has 0 spiro atoms. The summed E-state index contributed by atoms with van der Waals surface area (Å²) in [4.78, 5) is 28.4. The fourth-order valence-corrected chi connectivity index (χ4v) is 4.47. The number of aliphatic hydroxyl groups is 1. The molecule has 2 aromatic carbocycles. The zero-order valence-corrected chi connectivity index (χ0v) is 20.5. The molecule has 35 heavy (non-hydrogen) atoms. The number of Topliss-reactive ketones (excluding diaryl/α,β-unsaturated/α-hetero) is 1. The van der Waals surface area contributed by atoms with Crippen LogP contribution in [0.1, 0.15) is 62.2 Å². The minimum Gasteiger partial charge on any atom is -0.503 e. The molecule has 1 unspecified atom stereocenters. The molecule has 0 saturated carbocycles. The van der Waals surface area contributed by atoms with Gasteiger partial charge in [-0.3, -0.25) is 9.59 Å². The highest BCUT2D eigenvalue weighted by atomic mass is 16.5. The summed E-state index contributed by atoms with van der Waals surface area (Å²) in [6, 6.07) is 13.5. The zero-order chi connectivity index (χ0) is 25.1. The fourth-order valence-electron chi connectivity index (χ4n) is 4.47. The van der Waals surface area contributed by atoms with E-state index in [0.29, 0.717) is 34.6 Å². The summed E-state index contributed by atoms with van der Waals surface area (Å²) in [5.41, 5.74) is 1.13. The van der Waals surface area contributed by atoms with E-state index in [1.807, 2.05) is 44.2 Å². The van der Waals surface area contributed by atoms with Gasteiger partial charge in [0.25, 0.3) is 5.91 Å². The lowest BCUT2D eigenvalue weighted by molar-refractivity contribution is -0.129. The summed E-state index contributed by atoms with van der Waals surface area (Å²) in [6.45, 7) is 6.36. The van der Waals surface area contributed by atoms with Crippen LogP contribution in [0, 0.1) is 0 Å². The molecule has 0 bridgehead atoms. The van der Waals surface area contributed by atoms with Crippen molar-refractivity contribution in [2.75, 3.05) is 13.7 Å². The molecule has 0 saturated heterocycles. The van der Waals surface area contributed by atoms with Crippen molar-refractivity contribution >= 4 is 22.7 Å². The Kier molecular flexibility index (Phi) is 7.15. The molecule has 184 valence electrons. The molecule has 1 aliphatic heterocycles. The summed E-state index contributed by atoms with van der Waals surface area (Å²) in [5.74, 6) is -0.470. The number of carbonyl (C=O) groups is 2. The minimum absolute atomic E-state index is 0.00576. The third-order valence-electron chi connectivity index (χ3n) is 6.05. The Hall–Kier alpha value is -3.74. The van der Waals surface area contributed by atoms with Crippen LogP contribution < -0.4 is 9.47 Å². The first-order valence-electron chi connectivity index (χ1n) is 12.0. The summed E-state index contributed by atoms with van der Waals surface area (Å²) >= 11 is 0. The number of aliphatic hydroxyl groups excluding tert-OH is 1. The molecule has 1 amide bonds. The molecule has 3 aromatic rings. The number of hydrogen-bond acceptors (Lipinski definition) is 6. The van der Waals surface area contributed by atoms with Gasteiger partial charge in [0.1, 0.15) is 5.75 Å². The Morgan fingerprint density at radius 2 is 1.91 bits per heavy atom. The van der Waals surface area contributed by atoms with Crippen molar-refractivity contribution < 1.29 is 28.6 Å². The number of hydrogen-bond donors (Lipinski definition) is 1. The largest absolute Gasteiger partial charge is 0.503 e. The molecule has 2 heterocycles. The van der Waals surface area contributed by atoms with Gasteiger partial charge in [0.05, 0.1) is 24.8 Å². The third-order valence-corrected chi connectivity index (χ3v) is 6.05. The Labute approximate surface area is 204 Å². The maximum Gasteiger partial charge on any atom is 0.290 e. The van der Waals surface area contributed by atoms with Crippen LogP contribution in [0.4, 0.5) is 0 Å². The van der Waals surface area contributed by atoms with Crippen LogP contribution >= 0.6 is 0 Å². The van der Waals surface area contributed by atoms with Crippen molar-refractivity contribution in [3.8, 4) is 11.5 Å². The number of rotatable bonds is 10. The first-order valence-corrected chi connectivity index (χ1v) is 12.0. The lowest BCUT2D eigenvalue weighted by atomic mass is 9.94. The van der Waals surface area contributed by atoms with E-state index in [1.54, 1.807) is 23.1 Å². The second-order valence-electron chi connectivity index (χ2n) is 8.93. The van der Waals surface area contributed by atoms with Crippen LogP contribution in [0.15, 0.2) is 64.3 Å². The van der Waals surface area contributed by atoms with Crippen molar-refractivity contribution in [1.29, 1.82) is 0 Å². The first-order chi connectivity index (χ1) is 16.8. The van der Waals surface area contributed by atoms with E-state index in [-0.39, 0.29) is 17.4 Å². The van der Waals surface area contributed by atoms with Gasteiger partial charge >= 0.3 is 0 Å². The summed E-state index contributed by atoms with van der Waals surface area (Å²) in [6.07, 6.45) is 2.64. The van der Waals surface area contributed by atoms with Crippen LogP contribution in [0.5, 0.6) is 11.5 Å². The topological polar surface area (TPSA) is 89.2 Å². The van der Waals surface area contributed by atoms with E-state index in [2.05, 4.69) is 6.92 Å². The smallest absolute Gasteiger partial charge is 0.290 e. The van der Waals surface area contributed by atoms with Crippen LogP contribution in [0.2, 0.25) is 0 Å². The average molecular weight is 478 g/mol. The summed E-state index contributed by atoms with van der Waals surface area (Å²) in [7, 11) is 1.53. The lowest BCUT2D eigenvalue weighted by Gasteiger charge is -2.27. The highest BCUT2D eigenvalue weighted by Crippen LogP contribution is 2.41. The predicted octanol–water partition coefficient (Wildman–Crippen LogP) is 6.00. The highest BCUT2D eigenvalue weighted by molar-refractivity contribution is 6.16. The number of benzene rings is 2. The van der Waals surface area contributed by atoms with Gasteiger partial charge in [-0.15, -0.1) is 0 Å². The minimum atomic E-state index is -0.752. The van der Waals surface area contributed by atoms with Gasteiger partial charge < -0.3 is 23.9 Å². The third kappa shape index (κ3) is 4.76. The van der Waals surface area contributed by atoms with Gasteiger partial charge in [0.2, 0.25) is 5.78 Å².